The lowest BCUT2D eigenvalue weighted by atomic mass is 10.0. The minimum atomic E-state index is -0.676. The van der Waals surface area contributed by atoms with E-state index in [1.165, 1.54) is 6.07 Å². The minimum absolute atomic E-state index is 0.111. The summed E-state index contributed by atoms with van der Waals surface area (Å²) in [6.45, 7) is 1.09. The standard InChI is InChI=1S/C16H17ClFN5O/c17-10-8-12(15(19)13(18)9-10)16(24)23-6-3-11(4-7-23)21-14-2-1-5-20-22-14/h1-2,5,8-9,11H,3-4,6-7,19H2,(H,21,22). The summed E-state index contributed by atoms with van der Waals surface area (Å²) in [5.74, 6) is -0.264. The van der Waals surface area contributed by atoms with Crippen LogP contribution in [-0.4, -0.2) is 40.1 Å². The third kappa shape index (κ3) is 3.56. The van der Waals surface area contributed by atoms with Crippen LogP contribution in [0.2, 0.25) is 5.02 Å². The van der Waals surface area contributed by atoms with Crippen molar-refractivity contribution in [3.63, 3.8) is 0 Å². The Morgan fingerprint density at radius 3 is 2.79 bits per heavy atom. The Kier molecular flexibility index (Phi) is 4.80. The molecule has 3 rings (SSSR count). The van der Waals surface area contributed by atoms with E-state index in [1.807, 2.05) is 12.1 Å². The van der Waals surface area contributed by atoms with E-state index in [4.69, 9.17) is 17.3 Å². The molecule has 2 heterocycles. The van der Waals surface area contributed by atoms with Crippen molar-refractivity contribution in [3.05, 3.63) is 46.9 Å². The fraction of sp³-hybridized carbons (Fsp3) is 0.312. The number of nitrogens with zero attached hydrogens (tertiary/aromatic N) is 3. The number of nitrogens with one attached hydrogen (secondary N) is 1. The highest BCUT2D eigenvalue weighted by molar-refractivity contribution is 6.31. The van der Waals surface area contributed by atoms with Crippen molar-refractivity contribution < 1.29 is 9.18 Å². The molecule has 1 aromatic carbocycles. The maximum Gasteiger partial charge on any atom is 0.256 e. The Balaban J connectivity index is 1.63. The number of halogens is 2. The monoisotopic (exact) mass is 349 g/mol. The van der Waals surface area contributed by atoms with Gasteiger partial charge >= 0.3 is 0 Å². The Bertz CT molecular complexity index is 735. The van der Waals surface area contributed by atoms with Crippen LogP contribution in [-0.2, 0) is 0 Å². The number of piperidine rings is 1. The van der Waals surface area contributed by atoms with Gasteiger partial charge in [-0.25, -0.2) is 4.39 Å². The normalized spacial score (nSPS) is 15.3. The van der Waals surface area contributed by atoms with Crippen LogP contribution in [0, 0.1) is 5.82 Å². The van der Waals surface area contributed by atoms with E-state index in [9.17, 15) is 9.18 Å². The number of likely N-dealkylation sites (tertiary alicyclic amines) is 1. The smallest absolute Gasteiger partial charge is 0.256 e. The second-order valence-electron chi connectivity index (χ2n) is 5.67. The van der Waals surface area contributed by atoms with Crippen molar-refractivity contribution in [1.29, 1.82) is 0 Å². The summed E-state index contributed by atoms with van der Waals surface area (Å²) in [4.78, 5) is 14.2. The van der Waals surface area contributed by atoms with Gasteiger partial charge in [-0.3, -0.25) is 4.79 Å². The molecule has 1 amide bonds. The largest absolute Gasteiger partial charge is 0.396 e. The van der Waals surface area contributed by atoms with Crippen LogP contribution in [0.3, 0.4) is 0 Å². The highest BCUT2D eigenvalue weighted by Gasteiger charge is 2.26. The van der Waals surface area contributed by atoms with E-state index in [0.29, 0.717) is 18.9 Å². The first-order valence-corrected chi connectivity index (χ1v) is 8.00. The molecular weight excluding hydrogens is 333 g/mol. The predicted molar refractivity (Wildman–Crippen MR) is 90.4 cm³/mol. The first kappa shape index (κ1) is 16.4. The molecule has 3 N–H and O–H groups in total. The van der Waals surface area contributed by atoms with Crippen LogP contribution < -0.4 is 11.1 Å². The number of nitrogens with two attached hydrogens (primary N) is 1. The van der Waals surface area contributed by atoms with Crippen LogP contribution in [0.25, 0.3) is 0 Å². The number of aromatic nitrogens is 2. The van der Waals surface area contributed by atoms with E-state index in [0.717, 1.165) is 18.9 Å². The zero-order valence-electron chi connectivity index (χ0n) is 12.9. The van der Waals surface area contributed by atoms with Crippen molar-refractivity contribution >= 4 is 29.0 Å². The van der Waals surface area contributed by atoms with Gasteiger partial charge in [0.2, 0.25) is 0 Å². The van der Waals surface area contributed by atoms with Gasteiger partial charge in [-0.05, 0) is 37.1 Å². The van der Waals surface area contributed by atoms with Crippen LogP contribution in [0.15, 0.2) is 30.5 Å². The number of carbonyl (C=O) groups is 1. The molecule has 8 heteroatoms. The summed E-state index contributed by atoms with van der Waals surface area (Å²) < 4.78 is 13.7. The molecule has 1 fully saturated rings. The van der Waals surface area contributed by atoms with E-state index in [2.05, 4.69) is 15.5 Å². The molecule has 0 bridgehead atoms. The van der Waals surface area contributed by atoms with Gasteiger partial charge in [0.1, 0.15) is 11.6 Å². The molecule has 1 aromatic heterocycles. The van der Waals surface area contributed by atoms with Gasteiger partial charge in [-0.2, -0.15) is 5.10 Å². The van der Waals surface area contributed by atoms with E-state index in [-0.39, 0.29) is 28.2 Å². The molecule has 0 aliphatic carbocycles. The SMILES string of the molecule is Nc1c(F)cc(Cl)cc1C(=O)N1CCC(Nc2cccnn2)CC1. The minimum Gasteiger partial charge on any atom is -0.396 e. The number of carbonyl (C=O) groups excluding carboxylic acids is 1. The van der Waals surface area contributed by atoms with Gasteiger partial charge in [0.25, 0.3) is 5.91 Å². The number of amides is 1. The van der Waals surface area contributed by atoms with E-state index >= 15 is 0 Å². The number of hydrogen-bond acceptors (Lipinski definition) is 5. The summed E-state index contributed by atoms with van der Waals surface area (Å²) in [7, 11) is 0. The van der Waals surface area contributed by atoms with Crippen LogP contribution in [0.1, 0.15) is 23.2 Å². The Labute approximate surface area is 143 Å². The average molecular weight is 350 g/mol. The second kappa shape index (κ2) is 7.00. The maximum absolute atomic E-state index is 13.7. The fourth-order valence-corrected chi connectivity index (χ4v) is 2.95. The highest BCUT2D eigenvalue weighted by Crippen LogP contribution is 2.25. The van der Waals surface area contributed by atoms with Crippen molar-refractivity contribution in [2.45, 2.75) is 18.9 Å². The molecule has 1 aliphatic rings. The Morgan fingerprint density at radius 1 is 1.38 bits per heavy atom. The topological polar surface area (TPSA) is 84.1 Å². The van der Waals surface area contributed by atoms with E-state index in [1.54, 1.807) is 11.1 Å². The second-order valence-corrected chi connectivity index (χ2v) is 6.10. The number of rotatable bonds is 3. The predicted octanol–water partition coefficient (Wildman–Crippen LogP) is 2.57. The summed E-state index contributed by atoms with van der Waals surface area (Å²) in [5, 5.41) is 11.3. The zero-order valence-corrected chi connectivity index (χ0v) is 13.6. The summed E-state index contributed by atoms with van der Waals surface area (Å²) in [6, 6.07) is 6.38. The quantitative estimate of drug-likeness (QED) is 0.832. The third-order valence-electron chi connectivity index (χ3n) is 4.03. The molecule has 1 saturated heterocycles. The molecule has 0 spiro atoms. The number of nitrogen functional groups attached to an aromatic ring is 1. The number of hydrogen-bond donors (Lipinski definition) is 2. The molecule has 24 heavy (non-hydrogen) atoms. The molecular formula is C16H17ClFN5O. The highest BCUT2D eigenvalue weighted by atomic mass is 35.5. The molecule has 126 valence electrons. The maximum atomic E-state index is 13.7. The molecule has 2 aromatic rings. The average Bonchev–Trinajstić information content (AvgIpc) is 2.59. The summed E-state index contributed by atoms with van der Waals surface area (Å²) >= 11 is 5.83. The molecule has 6 nitrogen and oxygen atoms in total. The van der Waals surface area contributed by atoms with Crippen molar-refractivity contribution in [3.8, 4) is 0 Å². The van der Waals surface area contributed by atoms with Gasteiger partial charge in [-0.15, -0.1) is 5.10 Å². The number of benzene rings is 1. The van der Waals surface area contributed by atoms with Gasteiger partial charge in [0.05, 0.1) is 11.3 Å². The van der Waals surface area contributed by atoms with Crippen LogP contribution in [0.4, 0.5) is 15.9 Å². The van der Waals surface area contributed by atoms with Crippen molar-refractivity contribution in [2.24, 2.45) is 0 Å². The lowest BCUT2D eigenvalue weighted by Gasteiger charge is -2.32. The molecule has 1 aliphatic heterocycles. The molecule has 0 unspecified atom stereocenters. The lowest BCUT2D eigenvalue weighted by Crippen LogP contribution is -2.42. The summed E-state index contributed by atoms with van der Waals surface area (Å²) in [5.41, 5.74) is 5.63. The fourth-order valence-electron chi connectivity index (χ4n) is 2.75. The third-order valence-corrected chi connectivity index (χ3v) is 4.25. The molecule has 0 radical (unpaired) electrons. The molecule has 0 saturated carbocycles. The Hall–Kier alpha value is -2.41. The van der Waals surface area contributed by atoms with Gasteiger partial charge in [0, 0.05) is 30.4 Å². The van der Waals surface area contributed by atoms with Crippen molar-refractivity contribution in [2.75, 3.05) is 24.1 Å². The lowest BCUT2D eigenvalue weighted by molar-refractivity contribution is 0.0719. The zero-order chi connectivity index (χ0) is 17.1. The summed E-state index contributed by atoms with van der Waals surface area (Å²) in [6.07, 6.45) is 3.12. The van der Waals surface area contributed by atoms with E-state index < -0.39 is 5.82 Å². The van der Waals surface area contributed by atoms with Crippen molar-refractivity contribution in [1.82, 2.24) is 15.1 Å². The van der Waals surface area contributed by atoms with Gasteiger partial charge in [-0.1, -0.05) is 11.6 Å². The van der Waals surface area contributed by atoms with Crippen LogP contribution >= 0.6 is 11.6 Å². The number of anilines is 2. The first-order chi connectivity index (χ1) is 11.5. The molecule has 0 atom stereocenters. The van der Waals surface area contributed by atoms with Crippen LogP contribution in [0.5, 0.6) is 0 Å². The van der Waals surface area contributed by atoms with Gasteiger partial charge < -0.3 is 16.0 Å². The first-order valence-electron chi connectivity index (χ1n) is 7.62. The van der Waals surface area contributed by atoms with Gasteiger partial charge in [0.15, 0.2) is 0 Å². The Morgan fingerprint density at radius 2 is 2.12 bits per heavy atom.